The quantitative estimate of drug-likeness (QED) is 0.399. The molecule has 0 bridgehead atoms. The molecule has 0 amide bonds. The number of rotatable bonds is 1. The van der Waals surface area contributed by atoms with Gasteiger partial charge in [-0.15, -0.1) is 0 Å². The van der Waals surface area contributed by atoms with Crippen molar-refractivity contribution in [2.75, 3.05) is 5.73 Å². The van der Waals surface area contributed by atoms with Crippen molar-refractivity contribution in [2.24, 2.45) is 0 Å². The molecule has 1 aromatic rings. The van der Waals surface area contributed by atoms with Crippen molar-refractivity contribution in [1.29, 1.82) is 0 Å². The van der Waals surface area contributed by atoms with E-state index in [2.05, 4.69) is 11.8 Å². The van der Waals surface area contributed by atoms with Gasteiger partial charge in [0.1, 0.15) is 12.1 Å². The highest BCUT2D eigenvalue weighted by molar-refractivity contribution is 5.59. The molecule has 13 heavy (non-hydrogen) atoms. The lowest BCUT2D eigenvalue weighted by Gasteiger charge is -1.96. The maximum absolute atomic E-state index is 12.6. The molecule has 0 spiro atoms. The van der Waals surface area contributed by atoms with Crippen LogP contribution in [-0.2, 0) is 4.79 Å². The Kier molecular flexibility index (Phi) is 3.04. The lowest BCUT2D eigenvalue weighted by atomic mass is 10.2. The summed E-state index contributed by atoms with van der Waals surface area (Å²) in [6, 6.07) is 3.97. The van der Waals surface area contributed by atoms with Crippen molar-refractivity contribution in [3.05, 3.63) is 29.6 Å². The summed E-state index contributed by atoms with van der Waals surface area (Å²) in [7, 11) is 0. The molecule has 0 saturated heterocycles. The van der Waals surface area contributed by atoms with Crippen molar-refractivity contribution in [2.45, 2.75) is 6.42 Å². The molecule has 0 atom stereocenters. The second kappa shape index (κ2) is 4.27. The fraction of sp³-hybridized carbons (Fsp3) is 0.100. The average molecular weight is 177 g/mol. The Bertz CT molecular complexity index is 376. The molecule has 3 heteroatoms. The molecule has 1 rings (SSSR count). The Morgan fingerprint density at radius 1 is 1.54 bits per heavy atom. The van der Waals surface area contributed by atoms with Crippen LogP contribution in [0.25, 0.3) is 0 Å². The number of aldehydes is 1. The Morgan fingerprint density at radius 2 is 2.31 bits per heavy atom. The first-order chi connectivity index (χ1) is 6.24. The van der Waals surface area contributed by atoms with Gasteiger partial charge in [0.05, 0.1) is 12.1 Å². The van der Waals surface area contributed by atoms with Crippen molar-refractivity contribution in [3.8, 4) is 11.8 Å². The highest BCUT2D eigenvalue weighted by Gasteiger charge is 1.96. The van der Waals surface area contributed by atoms with E-state index < -0.39 is 5.82 Å². The second-order valence-electron chi connectivity index (χ2n) is 2.40. The van der Waals surface area contributed by atoms with Gasteiger partial charge in [0.25, 0.3) is 0 Å². The molecular formula is C10H8FNO. The van der Waals surface area contributed by atoms with Crippen LogP contribution < -0.4 is 5.73 Å². The van der Waals surface area contributed by atoms with Crippen LogP contribution in [0.2, 0.25) is 0 Å². The Hall–Kier alpha value is -1.82. The van der Waals surface area contributed by atoms with Crippen LogP contribution in [0.4, 0.5) is 10.1 Å². The molecule has 2 N–H and O–H groups in total. The third-order valence-electron chi connectivity index (χ3n) is 1.42. The van der Waals surface area contributed by atoms with E-state index in [0.29, 0.717) is 17.5 Å². The normalized spacial score (nSPS) is 8.69. The van der Waals surface area contributed by atoms with Gasteiger partial charge >= 0.3 is 0 Å². The standard InChI is InChI=1S/C10H8FNO/c11-9-5-4-8(10(12)7-9)3-1-2-6-13/h4-7H,2,12H2. The Morgan fingerprint density at radius 3 is 2.92 bits per heavy atom. The van der Waals surface area contributed by atoms with Crippen LogP contribution in [0.1, 0.15) is 12.0 Å². The van der Waals surface area contributed by atoms with E-state index in [4.69, 9.17) is 5.73 Å². The zero-order chi connectivity index (χ0) is 9.68. The van der Waals surface area contributed by atoms with Crippen LogP contribution in [0, 0.1) is 17.7 Å². The first-order valence-corrected chi connectivity index (χ1v) is 3.71. The minimum atomic E-state index is -0.390. The number of carbonyl (C=O) groups excluding carboxylic acids is 1. The maximum Gasteiger partial charge on any atom is 0.131 e. The summed E-state index contributed by atoms with van der Waals surface area (Å²) in [4.78, 5) is 9.94. The minimum Gasteiger partial charge on any atom is -0.398 e. The van der Waals surface area contributed by atoms with E-state index in [9.17, 15) is 9.18 Å². The Labute approximate surface area is 75.6 Å². The van der Waals surface area contributed by atoms with Gasteiger partial charge in [-0.1, -0.05) is 11.8 Å². The van der Waals surface area contributed by atoms with Gasteiger partial charge in [0.2, 0.25) is 0 Å². The van der Waals surface area contributed by atoms with E-state index in [1.165, 1.54) is 18.2 Å². The number of hydrogen-bond acceptors (Lipinski definition) is 2. The average Bonchev–Trinajstić information content (AvgIpc) is 2.09. The summed E-state index contributed by atoms with van der Waals surface area (Å²) in [5.74, 6) is 4.87. The molecule has 2 nitrogen and oxygen atoms in total. The van der Waals surface area contributed by atoms with Crippen LogP contribution in [-0.4, -0.2) is 6.29 Å². The zero-order valence-electron chi connectivity index (χ0n) is 6.88. The van der Waals surface area contributed by atoms with E-state index in [1.807, 2.05) is 0 Å². The van der Waals surface area contributed by atoms with Crippen molar-refractivity contribution < 1.29 is 9.18 Å². The van der Waals surface area contributed by atoms with E-state index in [0.717, 1.165) is 0 Å². The third kappa shape index (κ3) is 2.60. The fourth-order valence-corrected chi connectivity index (χ4v) is 0.835. The molecule has 0 aromatic heterocycles. The molecular weight excluding hydrogens is 169 g/mol. The lowest BCUT2D eigenvalue weighted by molar-refractivity contribution is -0.107. The van der Waals surface area contributed by atoms with Crippen LogP contribution in [0.3, 0.4) is 0 Å². The number of hydrogen-bond donors (Lipinski definition) is 1. The monoisotopic (exact) mass is 177 g/mol. The van der Waals surface area contributed by atoms with Gasteiger partial charge < -0.3 is 10.5 Å². The summed E-state index contributed by atoms with van der Waals surface area (Å²) in [5, 5.41) is 0. The van der Waals surface area contributed by atoms with E-state index in [-0.39, 0.29) is 6.42 Å². The smallest absolute Gasteiger partial charge is 0.131 e. The predicted octanol–water partition coefficient (Wildman–Crippen LogP) is 1.35. The van der Waals surface area contributed by atoms with Crippen LogP contribution in [0.5, 0.6) is 0 Å². The van der Waals surface area contributed by atoms with E-state index in [1.54, 1.807) is 0 Å². The number of nitrogen functional groups attached to an aromatic ring is 1. The molecule has 0 fully saturated rings. The highest BCUT2D eigenvalue weighted by Crippen LogP contribution is 2.11. The SMILES string of the molecule is Nc1cc(F)ccc1C#CCC=O. The highest BCUT2D eigenvalue weighted by atomic mass is 19.1. The minimum absolute atomic E-state index is 0.164. The largest absolute Gasteiger partial charge is 0.398 e. The van der Waals surface area contributed by atoms with Crippen molar-refractivity contribution in [1.82, 2.24) is 0 Å². The molecule has 0 aliphatic rings. The maximum atomic E-state index is 12.6. The summed E-state index contributed by atoms with van der Waals surface area (Å²) in [6.45, 7) is 0. The number of carbonyl (C=O) groups is 1. The van der Waals surface area contributed by atoms with Gasteiger partial charge in [0.15, 0.2) is 0 Å². The van der Waals surface area contributed by atoms with E-state index >= 15 is 0 Å². The Balaban J connectivity index is 2.91. The predicted molar refractivity (Wildman–Crippen MR) is 48.4 cm³/mol. The molecule has 0 unspecified atom stereocenters. The number of benzene rings is 1. The molecule has 0 saturated carbocycles. The van der Waals surface area contributed by atoms with Crippen molar-refractivity contribution >= 4 is 12.0 Å². The molecule has 0 heterocycles. The molecule has 0 aliphatic carbocycles. The van der Waals surface area contributed by atoms with Crippen molar-refractivity contribution in [3.63, 3.8) is 0 Å². The third-order valence-corrected chi connectivity index (χ3v) is 1.42. The molecule has 0 radical (unpaired) electrons. The summed E-state index contributed by atoms with van der Waals surface area (Å²) in [6.07, 6.45) is 0.865. The zero-order valence-corrected chi connectivity index (χ0v) is 6.88. The lowest BCUT2D eigenvalue weighted by Crippen LogP contribution is -1.90. The van der Waals surface area contributed by atoms with Gasteiger partial charge in [-0.05, 0) is 18.2 Å². The van der Waals surface area contributed by atoms with Gasteiger partial charge in [-0.25, -0.2) is 4.39 Å². The first kappa shape index (κ1) is 9.27. The van der Waals surface area contributed by atoms with Gasteiger partial charge in [-0.3, -0.25) is 0 Å². The topological polar surface area (TPSA) is 43.1 Å². The van der Waals surface area contributed by atoms with Gasteiger partial charge in [0, 0.05) is 5.56 Å². The second-order valence-corrected chi connectivity index (χ2v) is 2.40. The molecule has 1 aromatic carbocycles. The molecule has 0 aliphatic heterocycles. The van der Waals surface area contributed by atoms with Crippen LogP contribution >= 0.6 is 0 Å². The first-order valence-electron chi connectivity index (χ1n) is 3.71. The van der Waals surface area contributed by atoms with Gasteiger partial charge in [-0.2, -0.15) is 0 Å². The number of anilines is 1. The summed E-state index contributed by atoms with van der Waals surface area (Å²) < 4.78 is 12.6. The van der Waals surface area contributed by atoms with Crippen LogP contribution in [0.15, 0.2) is 18.2 Å². The summed E-state index contributed by atoms with van der Waals surface area (Å²) in [5.41, 5.74) is 6.31. The number of nitrogens with two attached hydrogens (primary N) is 1. The molecule has 66 valence electrons. The number of halogens is 1. The summed E-state index contributed by atoms with van der Waals surface area (Å²) >= 11 is 0. The fourth-order valence-electron chi connectivity index (χ4n) is 0.835.